The van der Waals surface area contributed by atoms with E-state index in [4.69, 9.17) is 0 Å². The molecule has 2 heterocycles. The summed E-state index contributed by atoms with van der Waals surface area (Å²) in [5.74, 6) is 0. The van der Waals surface area contributed by atoms with Gasteiger partial charge in [0, 0.05) is 25.0 Å². The van der Waals surface area contributed by atoms with Crippen LogP contribution in [0.4, 0.5) is 0 Å². The number of aryl methyl sites for hydroxylation is 1. The van der Waals surface area contributed by atoms with Crippen molar-refractivity contribution in [3.63, 3.8) is 0 Å². The van der Waals surface area contributed by atoms with Gasteiger partial charge >= 0.3 is 0 Å². The zero-order valence-corrected chi connectivity index (χ0v) is 10.6. The van der Waals surface area contributed by atoms with E-state index >= 15 is 0 Å². The van der Waals surface area contributed by atoms with Crippen LogP contribution in [0.5, 0.6) is 0 Å². The molecule has 17 heavy (non-hydrogen) atoms. The molecule has 0 spiro atoms. The smallest absolute Gasteiger partial charge is 0.0404 e. The summed E-state index contributed by atoms with van der Waals surface area (Å²) in [5.41, 5.74) is 1.20. The lowest BCUT2D eigenvalue weighted by Gasteiger charge is -2.14. The van der Waals surface area contributed by atoms with Gasteiger partial charge in [-0.15, -0.1) is 0 Å². The molecule has 1 saturated heterocycles. The van der Waals surface area contributed by atoms with Crippen molar-refractivity contribution in [3.05, 3.63) is 30.1 Å². The molecule has 1 aromatic heterocycles. The Kier molecular flexibility index (Phi) is 5.46. The van der Waals surface area contributed by atoms with E-state index in [1.807, 2.05) is 12.3 Å². The maximum Gasteiger partial charge on any atom is 0.0404 e. The first-order chi connectivity index (χ1) is 8.45. The summed E-state index contributed by atoms with van der Waals surface area (Å²) >= 11 is 0. The van der Waals surface area contributed by atoms with Crippen LogP contribution in [0, 0.1) is 0 Å². The molecule has 1 N–H and O–H groups in total. The van der Waals surface area contributed by atoms with Gasteiger partial charge in [0.15, 0.2) is 0 Å². The molecule has 0 amide bonds. The van der Waals surface area contributed by atoms with Gasteiger partial charge in [0.2, 0.25) is 0 Å². The Morgan fingerprint density at radius 2 is 2.06 bits per heavy atom. The van der Waals surface area contributed by atoms with E-state index in [1.54, 1.807) is 0 Å². The van der Waals surface area contributed by atoms with E-state index in [1.165, 1.54) is 44.6 Å². The Morgan fingerprint density at radius 1 is 1.18 bits per heavy atom. The van der Waals surface area contributed by atoms with Crippen molar-refractivity contribution in [1.29, 1.82) is 0 Å². The number of rotatable bonds is 7. The van der Waals surface area contributed by atoms with Crippen LogP contribution in [0.15, 0.2) is 24.4 Å². The predicted molar refractivity (Wildman–Crippen MR) is 71.1 cm³/mol. The molecule has 2 rings (SSSR count). The Bertz CT molecular complexity index is 294. The largest absolute Gasteiger partial charge is 0.315 e. The molecule has 1 aliphatic heterocycles. The third kappa shape index (κ3) is 4.84. The van der Waals surface area contributed by atoms with Gasteiger partial charge in [-0.3, -0.25) is 4.98 Å². The molecule has 1 aliphatic rings. The molecule has 0 radical (unpaired) electrons. The number of hydrogen-bond acceptors (Lipinski definition) is 3. The number of nitrogens with zero attached hydrogens (tertiary/aromatic N) is 2. The van der Waals surface area contributed by atoms with Gasteiger partial charge < -0.3 is 10.2 Å². The molecule has 3 nitrogen and oxygen atoms in total. The average molecular weight is 233 g/mol. The minimum atomic E-state index is 1.08. The van der Waals surface area contributed by atoms with Crippen LogP contribution in [0.3, 0.4) is 0 Å². The maximum atomic E-state index is 4.32. The molecule has 0 aliphatic carbocycles. The zero-order chi connectivity index (χ0) is 11.8. The second kappa shape index (κ2) is 7.41. The summed E-state index contributed by atoms with van der Waals surface area (Å²) in [4.78, 5) is 6.87. The monoisotopic (exact) mass is 233 g/mol. The Hall–Kier alpha value is -0.930. The highest BCUT2D eigenvalue weighted by atomic mass is 15.1. The van der Waals surface area contributed by atoms with Crippen molar-refractivity contribution in [1.82, 2.24) is 15.2 Å². The number of pyridine rings is 1. The second-order valence-electron chi connectivity index (χ2n) is 4.72. The summed E-state index contributed by atoms with van der Waals surface area (Å²) in [7, 11) is 0. The molecular weight excluding hydrogens is 210 g/mol. The summed E-state index contributed by atoms with van der Waals surface area (Å²) in [5, 5.41) is 3.51. The van der Waals surface area contributed by atoms with Gasteiger partial charge in [0.25, 0.3) is 0 Å². The lowest BCUT2D eigenvalue weighted by atomic mass is 10.2. The minimum Gasteiger partial charge on any atom is -0.315 e. The lowest BCUT2D eigenvalue weighted by molar-refractivity contribution is 0.336. The van der Waals surface area contributed by atoms with Gasteiger partial charge in [0.1, 0.15) is 0 Å². The molecule has 0 bridgehead atoms. The van der Waals surface area contributed by atoms with E-state index in [9.17, 15) is 0 Å². The fourth-order valence-electron chi connectivity index (χ4n) is 2.31. The second-order valence-corrected chi connectivity index (χ2v) is 4.72. The van der Waals surface area contributed by atoms with Crippen LogP contribution in [0.1, 0.15) is 25.0 Å². The quantitative estimate of drug-likeness (QED) is 0.727. The lowest BCUT2D eigenvalue weighted by Crippen LogP contribution is -2.30. The van der Waals surface area contributed by atoms with Gasteiger partial charge in [0.05, 0.1) is 0 Å². The third-order valence-electron chi connectivity index (χ3n) is 3.32. The van der Waals surface area contributed by atoms with Crippen LogP contribution in [0.25, 0.3) is 0 Å². The van der Waals surface area contributed by atoms with E-state index in [0.717, 1.165) is 19.5 Å². The van der Waals surface area contributed by atoms with E-state index in [0.29, 0.717) is 0 Å². The summed E-state index contributed by atoms with van der Waals surface area (Å²) in [6.07, 6.45) is 6.91. The standard InChI is InChI=1S/C14H23N3/c1-2-9-16-14(6-1)7-5-8-15-10-13-17-11-3-4-12-17/h1-2,6,9,15H,3-5,7-8,10-13H2. The Labute approximate surface area is 104 Å². The molecule has 1 aromatic rings. The van der Waals surface area contributed by atoms with E-state index in [-0.39, 0.29) is 0 Å². The van der Waals surface area contributed by atoms with Gasteiger partial charge in [-0.1, -0.05) is 6.07 Å². The van der Waals surface area contributed by atoms with Gasteiger partial charge in [-0.2, -0.15) is 0 Å². The van der Waals surface area contributed by atoms with Crippen LogP contribution in [-0.2, 0) is 6.42 Å². The van der Waals surface area contributed by atoms with Crippen molar-refractivity contribution >= 4 is 0 Å². The predicted octanol–water partition coefficient (Wildman–Crippen LogP) is 1.70. The highest BCUT2D eigenvalue weighted by Crippen LogP contribution is 2.05. The fraction of sp³-hybridized carbons (Fsp3) is 0.643. The van der Waals surface area contributed by atoms with Crippen molar-refractivity contribution < 1.29 is 0 Å². The average Bonchev–Trinajstić information content (AvgIpc) is 2.88. The highest BCUT2D eigenvalue weighted by Gasteiger charge is 2.09. The van der Waals surface area contributed by atoms with Crippen molar-refractivity contribution in [3.8, 4) is 0 Å². The normalized spacial score (nSPS) is 16.5. The number of aromatic nitrogens is 1. The fourth-order valence-corrected chi connectivity index (χ4v) is 2.31. The minimum absolute atomic E-state index is 1.08. The summed E-state index contributed by atoms with van der Waals surface area (Å²) in [6.45, 7) is 6.04. The van der Waals surface area contributed by atoms with Crippen LogP contribution in [-0.4, -0.2) is 42.6 Å². The molecule has 0 saturated carbocycles. The molecular formula is C14H23N3. The third-order valence-corrected chi connectivity index (χ3v) is 3.32. The first-order valence-corrected chi connectivity index (χ1v) is 6.78. The van der Waals surface area contributed by atoms with Crippen molar-refractivity contribution in [2.24, 2.45) is 0 Å². The van der Waals surface area contributed by atoms with Crippen LogP contribution >= 0.6 is 0 Å². The van der Waals surface area contributed by atoms with E-state index in [2.05, 4.69) is 27.3 Å². The molecule has 1 fully saturated rings. The van der Waals surface area contributed by atoms with Crippen molar-refractivity contribution in [2.45, 2.75) is 25.7 Å². The summed E-state index contributed by atoms with van der Waals surface area (Å²) < 4.78 is 0. The molecule has 0 atom stereocenters. The first kappa shape index (κ1) is 12.5. The first-order valence-electron chi connectivity index (χ1n) is 6.78. The Balaban J connectivity index is 1.46. The maximum absolute atomic E-state index is 4.32. The van der Waals surface area contributed by atoms with Gasteiger partial charge in [-0.25, -0.2) is 0 Å². The Morgan fingerprint density at radius 3 is 2.82 bits per heavy atom. The topological polar surface area (TPSA) is 28.2 Å². The van der Waals surface area contributed by atoms with Crippen LogP contribution < -0.4 is 5.32 Å². The van der Waals surface area contributed by atoms with Crippen LogP contribution in [0.2, 0.25) is 0 Å². The summed E-state index contributed by atoms with van der Waals surface area (Å²) in [6, 6.07) is 6.13. The molecule has 3 heteroatoms. The zero-order valence-electron chi connectivity index (χ0n) is 10.6. The van der Waals surface area contributed by atoms with Gasteiger partial charge in [-0.05, 0) is 57.5 Å². The SMILES string of the molecule is c1ccc(CCCNCCN2CCCC2)nc1. The van der Waals surface area contributed by atoms with Crippen molar-refractivity contribution in [2.75, 3.05) is 32.7 Å². The number of nitrogens with one attached hydrogen (secondary N) is 1. The molecule has 0 unspecified atom stereocenters. The number of likely N-dealkylation sites (tertiary alicyclic amines) is 1. The van der Waals surface area contributed by atoms with E-state index < -0.39 is 0 Å². The number of hydrogen-bond donors (Lipinski definition) is 1. The molecule has 0 aromatic carbocycles. The molecule has 94 valence electrons. The highest BCUT2D eigenvalue weighted by molar-refractivity contribution is 5.03.